The van der Waals surface area contributed by atoms with E-state index < -0.39 is 60.2 Å². The quantitative estimate of drug-likeness (QED) is 0.168. The second-order valence-electron chi connectivity index (χ2n) is 6.21. The van der Waals surface area contributed by atoms with Gasteiger partial charge < -0.3 is 40.3 Å². The Morgan fingerprint density at radius 1 is 1.12 bits per heavy atom. The molecule has 19 nitrogen and oxygen atoms in total. The van der Waals surface area contributed by atoms with Gasteiger partial charge in [-0.05, 0) is 0 Å². The lowest BCUT2D eigenvalue weighted by atomic mass is 10.1. The standard InChI is InChI=1S/C10H16N5O14P3/c11-10-13-7-4(8(18)14-10)12-2-15(7)9-6(17)5(16)3(27-9)1-26-31(22,23)29-32(24,25)28-30(19,20)21/h2-3,5-6,9,16-17H,1H2,(H,22,23)(H,24,25)(H2,19,20,21)(H3,11,13,14,18)/t3-,5?,6-,9-/m1/s1. The third-order valence-electron chi connectivity index (χ3n) is 3.88. The summed E-state index contributed by atoms with van der Waals surface area (Å²) in [6, 6.07) is 0. The summed E-state index contributed by atoms with van der Waals surface area (Å²) in [7, 11) is -16.8. The summed E-state index contributed by atoms with van der Waals surface area (Å²) in [5, 5.41) is 20.4. The van der Waals surface area contributed by atoms with E-state index in [2.05, 4.69) is 28.1 Å². The zero-order chi connectivity index (χ0) is 24.1. The van der Waals surface area contributed by atoms with Crippen LogP contribution in [0.25, 0.3) is 11.2 Å². The molecule has 2 aromatic heterocycles. The van der Waals surface area contributed by atoms with Crippen molar-refractivity contribution in [2.24, 2.45) is 0 Å². The van der Waals surface area contributed by atoms with Crippen LogP contribution in [-0.4, -0.2) is 74.2 Å². The molecule has 0 saturated carbocycles. The zero-order valence-electron chi connectivity index (χ0n) is 15.3. The fourth-order valence-corrected chi connectivity index (χ4v) is 5.73. The highest BCUT2D eigenvalue weighted by Gasteiger charge is 2.47. The number of hydrogen-bond donors (Lipinski definition) is 8. The van der Waals surface area contributed by atoms with Gasteiger partial charge in [0.05, 0.1) is 12.9 Å². The van der Waals surface area contributed by atoms with Crippen molar-refractivity contribution < 1.29 is 61.4 Å². The summed E-state index contributed by atoms with van der Waals surface area (Å²) in [5.41, 5.74) is 4.50. The fraction of sp³-hybridized carbons (Fsp3) is 0.500. The molecule has 3 rings (SSSR count). The smallest absolute Gasteiger partial charge is 0.387 e. The number of phosphoric acid groups is 3. The largest absolute Gasteiger partial charge is 0.490 e. The van der Waals surface area contributed by atoms with Crippen LogP contribution in [0.5, 0.6) is 0 Å². The first kappa shape index (κ1) is 25.1. The van der Waals surface area contributed by atoms with Gasteiger partial charge >= 0.3 is 23.5 Å². The summed E-state index contributed by atoms with van der Waals surface area (Å²) in [4.78, 5) is 57.3. The molecule has 0 radical (unpaired) electrons. The molecule has 3 unspecified atom stereocenters. The van der Waals surface area contributed by atoms with Gasteiger partial charge in [-0.25, -0.2) is 18.7 Å². The minimum atomic E-state index is -5.73. The van der Waals surface area contributed by atoms with E-state index in [1.165, 1.54) is 0 Å². The number of fused-ring (bicyclic) bond motifs is 1. The molecule has 0 amide bonds. The summed E-state index contributed by atoms with van der Waals surface area (Å²) < 4.78 is 51.6. The lowest BCUT2D eigenvalue weighted by Crippen LogP contribution is -2.33. The van der Waals surface area contributed by atoms with Crippen molar-refractivity contribution in [1.82, 2.24) is 19.5 Å². The Labute approximate surface area is 175 Å². The van der Waals surface area contributed by atoms with Gasteiger partial charge in [0.2, 0.25) is 5.95 Å². The number of aliphatic hydroxyl groups excluding tert-OH is 2. The van der Waals surface area contributed by atoms with Crippen molar-refractivity contribution in [3.05, 3.63) is 16.7 Å². The number of nitrogens with zero attached hydrogens (tertiary/aromatic N) is 3. The molecule has 1 saturated heterocycles. The normalized spacial score (nSPS) is 27.9. The number of phosphoric ester groups is 1. The number of hydrogen-bond acceptors (Lipinski definition) is 13. The summed E-state index contributed by atoms with van der Waals surface area (Å²) in [6.07, 6.45) is -5.33. The minimum Gasteiger partial charge on any atom is -0.387 e. The number of H-pyrrole nitrogens is 1. The lowest BCUT2D eigenvalue weighted by molar-refractivity contribution is -0.0503. The number of aromatic amines is 1. The summed E-state index contributed by atoms with van der Waals surface area (Å²) in [5.74, 6) is -0.276. The first-order valence-electron chi connectivity index (χ1n) is 8.11. The third kappa shape index (κ3) is 5.67. The Bertz CT molecular complexity index is 1210. The number of imidazole rings is 1. The summed E-state index contributed by atoms with van der Waals surface area (Å²) in [6.45, 7) is -1.01. The molecule has 2 aromatic rings. The molecule has 0 aliphatic carbocycles. The number of anilines is 1. The van der Waals surface area contributed by atoms with Crippen molar-refractivity contribution in [2.45, 2.75) is 24.5 Å². The van der Waals surface area contributed by atoms with Gasteiger partial charge in [0.1, 0.15) is 18.3 Å². The van der Waals surface area contributed by atoms with Gasteiger partial charge in [-0.2, -0.15) is 13.6 Å². The maximum absolute atomic E-state index is 11.9. The van der Waals surface area contributed by atoms with Crippen LogP contribution in [-0.2, 0) is 31.6 Å². The summed E-state index contributed by atoms with van der Waals surface area (Å²) >= 11 is 0. The first-order valence-corrected chi connectivity index (χ1v) is 12.6. The second kappa shape index (κ2) is 8.66. The van der Waals surface area contributed by atoms with E-state index in [1.807, 2.05) is 0 Å². The molecule has 32 heavy (non-hydrogen) atoms. The molecule has 1 aliphatic rings. The average Bonchev–Trinajstić information content (AvgIpc) is 3.12. The number of nitrogens with one attached hydrogen (secondary N) is 1. The van der Waals surface area contributed by atoms with E-state index in [1.54, 1.807) is 0 Å². The molecule has 0 aromatic carbocycles. The topological polar surface area (TPSA) is 299 Å². The van der Waals surface area contributed by atoms with E-state index >= 15 is 0 Å². The van der Waals surface area contributed by atoms with Crippen LogP contribution >= 0.6 is 23.5 Å². The van der Waals surface area contributed by atoms with Crippen molar-refractivity contribution >= 4 is 40.6 Å². The zero-order valence-corrected chi connectivity index (χ0v) is 18.0. The molecule has 0 bridgehead atoms. The number of aliphatic hydroxyl groups is 2. The van der Waals surface area contributed by atoms with Crippen LogP contribution in [0.1, 0.15) is 6.23 Å². The molecular formula is C10H16N5O14P3. The van der Waals surface area contributed by atoms with Crippen LogP contribution in [0.3, 0.4) is 0 Å². The number of nitrogen functional groups attached to an aromatic ring is 1. The third-order valence-corrected chi connectivity index (χ3v) is 7.68. The maximum atomic E-state index is 11.9. The van der Waals surface area contributed by atoms with E-state index in [4.69, 9.17) is 25.2 Å². The highest BCUT2D eigenvalue weighted by Crippen LogP contribution is 2.66. The molecule has 1 aliphatic heterocycles. The number of rotatable bonds is 8. The fourth-order valence-electron chi connectivity index (χ4n) is 2.70. The van der Waals surface area contributed by atoms with Gasteiger partial charge in [0.15, 0.2) is 17.4 Å². The van der Waals surface area contributed by atoms with Crippen LogP contribution in [0.4, 0.5) is 5.95 Å². The Hall–Kier alpha value is -1.56. The molecule has 6 atom stereocenters. The predicted molar refractivity (Wildman–Crippen MR) is 98.3 cm³/mol. The van der Waals surface area contributed by atoms with Crippen molar-refractivity contribution in [2.75, 3.05) is 12.3 Å². The van der Waals surface area contributed by atoms with Crippen LogP contribution in [0.2, 0.25) is 0 Å². The number of ether oxygens (including phenoxy) is 1. The highest BCUT2D eigenvalue weighted by molar-refractivity contribution is 7.66. The molecule has 22 heteroatoms. The first-order chi connectivity index (χ1) is 14.6. The predicted octanol–water partition coefficient (Wildman–Crippen LogP) is -2.34. The van der Waals surface area contributed by atoms with Crippen molar-refractivity contribution in [1.29, 1.82) is 0 Å². The van der Waals surface area contributed by atoms with Gasteiger partial charge in [-0.15, -0.1) is 0 Å². The van der Waals surface area contributed by atoms with Crippen LogP contribution in [0, 0.1) is 0 Å². The van der Waals surface area contributed by atoms with E-state index in [-0.39, 0.29) is 17.1 Å². The Morgan fingerprint density at radius 2 is 1.78 bits per heavy atom. The highest BCUT2D eigenvalue weighted by atomic mass is 31.3. The van der Waals surface area contributed by atoms with Crippen molar-refractivity contribution in [3.63, 3.8) is 0 Å². The van der Waals surface area contributed by atoms with Gasteiger partial charge in [-0.1, -0.05) is 0 Å². The minimum absolute atomic E-state index is 0.115. The molecule has 1 fully saturated rings. The van der Waals surface area contributed by atoms with Gasteiger partial charge in [0, 0.05) is 0 Å². The van der Waals surface area contributed by atoms with E-state index in [0.717, 1.165) is 10.9 Å². The molecular weight excluding hydrogens is 507 g/mol. The van der Waals surface area contributed by atoms with Crippen LogP contribution in [0.15, 0.2) is 11.1 Å². The monoisotopic (exact) mass is 523 g/mol. The SMILES string of the molecule is Nc1nc2c(ncn2[C@@H]2O[C@H](COP(=O)(O)OP(=O)(O)OP(=O)(O)O)C(O)[C@H]2O)c(=O)[nH]1. The lowest BCUT2D eigenvalue weighted by Gasteiger charge is -2.19. The van der Waals surface area contributed by atoms with E-state index in [0.29, 0.717) is 0 Å². The molecule has 0 spiro atoms. The molecule has 3 heterocycles. The van der Waals surface area contributed by atoms with E-state index in [9.17, 15) is 33.6 Å². The Morgan fingerprint density at radius 3 is 2.41 bits per heavy atom. The van der Waals surface area contributed by atoms with Crippen LogP contribution < -0.4 is 11.3 Å². The maximum Gasteiger partial charge on any atom is 0.490 e. The van der Waals surface area contributed by atoms with Crippen molar-refractivity contribution in [3.8, 4) is 0 Å². The Kier molecular flexibility index (Phi) is 6.78. The average molecular weight is 523 g/mol. The molecule has 9 N–H and O–H groups in total. The Balaban J connectivity index is 1.72. The van der Waals surface area contributed by atoms with Gasteiger partial charge in [0.25, 0.3) is 5.56 Å². The second-order valence-corrected chi connectivity index (χ2v) is 10.6. The number of aromatic nitrogens is 4. The van der Waals surface area contributed by atoms with Gasteiger partial charge in [-0.3, -0.25) is 18.9 Å². The number of nitrogens with two attached hydrogens (primary N) is 1. The molecule has 180 valence electrons.